The van der Waals surface area contributed by atoms with Crippen molar-refractivity contribution >= 4 is 12.1 Å². The second-order valence-electron chi connectivity index (χ2n) is 6.10. The Kier molecular flexibility index (Phi) is 5.91. The molecule has 0 aliphatic heterocycles. The van der Waals surface area contributed by atoms with Crippen molar-refractivity contribution in [1.29, 1.82) is 0 Å². The summed E-state index contributed by atoms with van der Waals surface area (Å²) in [7, 11) is 2.82. The van der Waals surface area contributed by atoms with Gasteiger partial charge in [0.05, 0.1) is 7.11 Å². The topological polar surface area (TPSA) is 68.7 Å². The summed E-state index contributed by atoms with van der Waals surface area (Å²) in [4.78, 5) is 29.9. The molecule has 0 bridgehead atoms. The number of esters is 1. The number of aromatic nitrogens is 1. The summed E-state index contributed by atoms with van der Waals surface area (Å²) in [5, 5.41) is 0. The molecule has 0 saturated carbocycles. The Morgan fingerprint density at radius 2 is 1.91 bits per heavy atom. The first-order valence-corrected chi connectivity index (χ1v) is 7.12. The summed E-state index contributed by atoms with van der Waals surface area (Å²) in [6, 6.07) is 4.63. The first kappa shape index (κ1) is 17.9. The predicted octanol–water partition coefficient (Wildman–Crippen LogP) is 2.59. The maximum atomic E-state index is 12.2. The summed E-state index contributed by atoms with van der Waals surface area (Å²) >= 11 is 0. The number of rotatable bonds is 4. The molecule has 0 saturated heterocycles. The molecule has 6 heteroatoms. The molecule has 1 aromatic rings. The van der Waals surface area contributed by atoms with Gasteiger partial charge in [0.15, 0.2) is 0 Å². The molecule has 22 heavy (non-hydrogen) atoms. The quantitative estimate of drug-likeness (QED) is 0.800. The Bertz CT molecular complexity index is 511. The minimum Gasteiger partial charge on any atom is -0.467 e. The summed E-state index contributed by atoms with van der Waals surface area (Å²) in [5.74, 6) is -0.835. The number of amides is 1. The molecule has 2 atom stereocenters. The van der Waals surface area contributed by atoms with E-state index in [2.05, 4.69) is 4.98 Å². The molecule has 0 N–H and O–H groups in total. The lowest BCUT2D eigenvalue weighted by atomic mass is 9.96. The molecule has 2 unspecified atom stereocenters. The fourth-order valence-corrected chi connectivity index (χ4v) is 2.07. The number of hydrogen-bond donors (Lipinski definition) is 0. The van der Waals surface area contributed by atoms with Crippen molar-refractivity contribution in [2.75, 3.05) is 14.2 Å². The maximum Gasteiger partial charge on any atom is 0.410 e. The van der Waals surface area contributed by atoms with Gasteiger partial charge in [0.25, 0.3) is 0 Å². The van der Waals surface area contributed by atoms with E-state index in [1.165, 1.54) is 19.1 Å². The van der Waals surface area contributed by atoms with Crippen LogP contribution in [-0.2, 0) is 14.3 Å². The summed E-state index contributed by atoms with van der Waals surface area (Å²) in [6.45, 7) is 7.14. The van der Waals surface area contributed by atoms with E-state index in [0.29, 0.717) is 5.69 Å². The second-order valence-corrected chi connectivity index (χ2v) is 6.10. The molecule has 0 aliphatic carbocycles. The van der Waals surface area contributed by atoms with Crippen molar-refractivity contribution in [2.45, 2.75) is 45.3 Å². The zero-order chi connectivity index (χ0) is 16.9. The minimum atomic E-state index is -0.810. The Morgan fingerprint density at radius 3 is 2.36 bits per heavy atom. The van der Waals surface area contributed by atoms with Crippen LogP contribution in [0.5, 0.6) is 0 Å². The molecule has 1 heterocycles. The number of carbonyl (C=O) groups excluding carboxylic acids is 2. The third kappa shape index (κ3) is 4.72. The summed E-state index contributed by atoms with van der Waals surface area (Å²) in [6.07, 6.45) is 1.07. The minimum absolute atomic E-state index is 0.328. The summed E-state index contributed by atoms with van der Waals surface area (Å²) < 4.78 is 10.2. The van der Waals surface area contributed by atoms with Gasteiger partial charge in [-0.1, -0.05) is 13.0 Å². The number of methoxy groups -OCH3 is 1. The average molecular weight is 308 g/mol. The highest BCUT2D eigenvalue weighted by Gasteiger charge is 2.36. The van der Waals surface area contributed by atoms with Gasteiger partial charge in [0.1, 0.15) is 11.6 Å². The molecule has 1 rings (SSSR count). The number of ether oxygens (including phenoxy) is 2. The first-order chi connectivity index (χ1) is 10.2. The molecule has 0 aromatic carbocycles. The van der Waals surface area contributed by atoms with Crippen LogP contribution in [0.25, 0.3) is 0 Å². The van der Waals surface area contributed by atoms with Gasteiger partial charge in [0, 0.05) is 24.9 Å². The zero-order valence-corrected chi connectivity index (χ0v) is 14.0. The van der Waals surface area contributed by atoms with Gasteiger partial charge >= 0.3 is 12.1 Å². The van der Waals surface area contributed by atoms with Crippen LogP contribution < -0.4 is 0 Å². The van der Waals surface area contributed by atoms with E-state index in [1.807, 2.05) is 19.1 Å². The average Bonchev–Trinajstić information content (AvgIpc) is 2.46. The maximum absolute atomic E-state index is 12.2. The molecular formula is C16H24N2O4. The first-order valence-electron chi connectivity index (χ1n) is 7.12. The van der Waals surface area contributed by atoms with Crippen LogP contribution in [0.4, 0.5) is 4.79 Å². The molecule has 1 aromatic heterocycles. The Hall–Kier alpha value is -2.11. The number of likely N-dealkylation sites (N-methyl/N-ethyl adjacent to an activating group) is 1. The van der Waals surface area contributed by atoms with Gasteiger partial charge < -0.3 is 9.47 Å². The lowest BCUT2D eigenvalue weighted by Gasteiger charge is -2.32. The highest BCUT2D eigenvalue weighted by molar-refractivity contribution is 5.82. The molecule has 0 radical (unpaired) electrons. The molecule has 6 nitrogen and oxygen atoms in total. The largest absolute Gasteiger partial charge is 0.467 e. The smallest absolute Gasteiger partial charge is 0.410 e. The highest BCUT2D eigenvalue weighted by Crippen LogP contribution is 2.23. The van der Waals surface area contributed by atoms with E-state index in [0.717, 1.165) is 0 Å². The van der Waals surface area contributed by atoms with Crippen LogP contribution in [-0.4, -0.2) is 47.7 Å². The van der Waals surface area contributed by atoms with Crippen molar-refractivity contribution in [3.63, 3.8) is 0 Å². The monoisotopic (exact) mass is 308 g/mol. The van der Waals surface area contributed by atoms with Gasteiger partial charge in [-0.2, -0.15) is 0 Å². The fourth-order valence-electron chi connectivity index (χ4n) is 2.07. The molecule has 0 fully saturated rings. The number of hydrogen-bond acceptors (Lipinski definition) is 5. The molecule has 1 amide bonds. The van der Waals surface area contributed by atoms with E-state index >= 15 is 0 Å². The van der Waals surface area contributed by atoms with Crippen molar-refractivity contribution in [3.8, 4) is 0 Å². The SMILES string of the molecule is COC(=O)C(C(C)c1ccccn1)N(C)C(=O)OC(C)(C)C. The van der Waals surface area contributed by atoms with Gasteiger partial charge in [0.2, 0.25) is 0 Å². The van der Waals surface area contributed by atoms with Gasteiger partial charge in [-0.3, -0.25) is 9.88 Å². The van der Waals surface area contributed by atoms with E-state index in [1.54, 1.807) is 33.0 Å². The number of carbonyl (C=O) groups is 2. The second kappa shape index (κ2) is 7.24. The molecular weight excluding hydrogens is 284 g/mol. The van der Waals surface area contributed by atoms with Crippen molar-refractivity contribution < 1.29 is 19.1 Å². The number of nitrogens with zero attached hydrogens (tertiary/aromatic N) is 2. The van der Waals surface area contributed by atoms with Gasteiger partial charge in [-0.15, -0.1) is 0 Å². The van der Waals surface area contributed by atoms with E-state index < -0.39 is 23.7 Å². The van der Waals surface area contributed by atoms with Crippen LogP contribution >= 0.6 is 0 Å². The van der Waals surface area contributed by atoms with Crippen LogP contribution in [0.3, 0.4) is 0 Å². The van der Waals surface area contributed by atoms with Gasteiger partial charge in [-0.25, -0.2) is 9.59 Å². The molecule has 0 spiro atoms. The summed E-state index contributed by atoms with van der Waals surface area (Å²) in [5.41, 5.74) is 0.0635. The van der Waals surface area contributed by atoms with Crippen LogP contribution in [0, 0.1) is 0 Å². The third-order valence-electron chi connectivity index (χ3n) is 3.17. The van der Waals surface area contributed by atoms with E-state index in [-0.39, 0.29) is 5.92 Å². The van der Waals surface area contributed by atoms with Crippen LogP contribution in [0.2, 0.25) is 0 Å². The van der Waals surface area contributed by atoms with E-state index in [4.69, 9.17) is 9.47 Å². The van der Waals surface area contributed by atoms with Crippen LogP contribution in [0.15, 0.2) is 24.4 Å². The van der Waals surface area contributed by atoms with E-state index in [9.17, 15) is 9.59 Å². The predicted molar refractivity (Wildman–Crippen MR) is 82.5 cm³/mol. The Morgan fingerprint density at radius 1 is 1.27 bits per heavy atom. The van der Waals surface area contributed by atoms with Crippen LogP contribution in [0.1, 0.15) is 39.3 Å². The lowest BCUT2D eigenvalue weighted by molar-refractivity contribution is -0.147. The lowest BCUT2D eigenvalue weighted by Crippen LogP contribution is -2.48. The molecule has 122 valence electrons. The van der Waals surface area contributed by atoms with Gasteiger partial charge in [-0.05, 0) is 32.9 Å². The van der Waals surface area contributed by atoms with Crippen molar-refractivity contribution in [3.05, 3.63) is 30.1 Å². The van der Waals surface area contributed by atoms with Crippen molar-refractivity contribution in [2.24, 2.45) is 0 Å². The highest BCUT2D eigenvalue weighted by atomic mass is 16.6. The Balaban J connectivity index is 3.03. The normalized spacial score (nSPS) is 13.9. The fraction of sp³-hybridized carbons (Fsp3) is 0.562. The zero-order valence-electron chi connectivity index (χ0n) is 14.0. The standard InChI is InChI=1S/C16H24N2O4/c1-11(12-9-7-8-10-17-12)13(14(19)21-6)18(5)15(20)22-16(2,3)4/h7-11,13H,1-6H3. The Labute approximate surface area is 131 Å². The molecule has 0 aliphatic rings. The number of pyridine rings is 1. The third-order valence-corrected chi connectivity index (χ3v) is 3.17. The van der Waals surface area contributed by atoms with Crippen molar-refractivity contribution in [1.82, 2.24) is 9.88 Å².